The van der Waals surface area contributed by atoms with Crippen LogP contribution in [0.1, 0.15) is 155 Å². The first-order valence-corrected chi connectivity index (χ1v) is 29.6. The van der Waals surface area contributed by atoms with E-state index in [9.17, 15) is 9.59 Å². The van der Waals surface area contributed by atoms with Gasteiger partial charge in [0, 0.05) is 96.1 Å². The van der Waals surface area contributed by atoms with Crippen LogP contribution in [0.4, 0.5) is 26.1 Å². The number of likely N-dealkylation sites (tertiary alicyclic amines) is 1. The summed E-state index contributed by atoms with van der Waals surface area (Å²) in [5.41, 5.74) is 12.5. The van der Waals surface area contributed by atoms with Crippen LogP contribution >= 0.6 is 11.3 Å². The highest BCUT2D eigenvalue weighted by Crippen LogP contribution is 2.34. The van der Waals surface area contributed by atoms with Crippen molar-refractivity contribution in [3.05, 3.63) is 82.8 Å². The van der Waals surface area contributed by atoms with Gasteiger partial charge >= 0.3 is 0 Å². The number of halogens is 2. The van der Waals surface area contributed by atoms with Crippen molar-refractivity contribution in [2.24, 2.45) is 16.6 Å². The smallest absolute Gasteiger partial charge is 0.221 e. The molecule has 2 aliphatic heterocycles. The number of thiazole rings is 1. The van der Waals surface area contributed by atoms with E-state index >= 15 is 8.78 Å². The number of ether oxygens (including phenoxy) is 1. The van der Waals surface area contributed by atoms with Crippen molar-refractivity contribution in [2.75, 3.05) is 88.7 Å². The number of aliphatic hydroxyl groups excluding tert-OH is 1. The largest absolute Gasteiger partial charge is 0.400 e. The summed E-state index contributed by atoms with van der Waals surface area (Å²) in [5, 5.41) is 19.6. The molecule has 2 fully saturated rings. The number of anilines is 3. The Kier molecular flexibility index (Phi) is 30.2. The third-order valence-corrected chi connectivity index (χ3v) is 16.3. The summed E-state index contributed by atoms with van der Waals surface area (Å²) in [7, 11) is 4.53. The highest BCUT2D eigenvalue weighted by molar-refractivity contribution is 7.13. The third-order valence-electron chi connectivity index (χ3n) is 15.3. The molecule has 16 nitrogen and oxygen atoms in total. The summed E-state index contributed by atoms with van der Waals surface area (Å²) in [6.07, 6.45) is 12.5. The Morgan fingerprint density at radius 3 is 2.08 bits per heavy atom. The van der Waals surface area contributed by atoms with Crippen molar-refractivity contribution in [2.45, 2.75) is 170 Å². The zero-order valence-corrected chi connectivity index (χ0v) is 51.3. The SMILES string of the molecule is C=O.CCN(CC1(N)CCN(c2cc(NCCCCCCCCC(=O)NC(C(C)OC)C(C)(C)C)ncn2)CC1)c1cc(F)c(CN2CCC(C)(C)CC2)cc1F.CNCCC(=O)NC(C)c1ccc(-c2scnc2C)cc1.CO. The number of amides is 2. The molecule has 6 rings (SSSR count). The van der Waals surface area contributed by atoms with E-state index in [1.54, 1.807) is 24.8 Å². The van der Waals surface area contributed by atoms with Crippen molar-refractivity contribution < 1.29 is 33.0 Å². The molecule has 2 aromatic heterocycles. The average Bonchev–Trinajstić information content (AvgIpc) is 3.89. The molecule has 80 heavy (non-hydrogen) atoms. The Hall–Kier alpha value is -5.18. The second-order valence-electron chi connectivity index (χ2n) is 23.1. The van der Waals surface area contributed by atoms with E-state index in [-0.39, 0.29) is 46.9 Å². The first-order chi connectivity index (χ1) is 38.1. The lowest BCUT2D eigenvalue weighted by atomic mass is 9.82. The number of carbonyl (C=O) groups is 3. The maximum Gasteiger partial charge on any atom is 0.221 e. The molecule has 2 amide bonds. The first-order valence-electron chi connectivity index (χ1n) is 28.7. The molecule has 2 saturated heterocycles. The molecule has 2 aromatic carbocycles. The van der Waals surface area contributed by atoms with Gasteiger partial charge in [-0.25, -0.2) is 23.7 Å². The van der Waals surface area contributed by atoms with Crippen LogP contribution in [0.15, 0.2) is 54.3 Å². The van der Waals surface area contributed by atoms with E-state index in [0.717, 1.165) is 114 Å². The standard InChI is InChI=1S/C43H72F2N8O2.C16H21N3OS.CH4O.CH2O/c1-9-52(36-27-34(44)33(26-35(36)45)29-51-22-17-42(6,7)18-23-51)30-43(46)19-24-53(25-20-43)38-28-37(48-31-49-38)47-21-15-13-11-10-12-14-16-39(54)50-40(32(2)55-8)41(3,4)5;1-11(19-15(20)8-9-17-3)13-4-6-14(7-5-13)16-12(2)18-10-21-16;2*1-2/h26-28,31-32,40H,9-25,29-30,46H2,1-8H3,(H,50,54)(H,47,48,49);4-7,10-11,17H,8-9H2,1-3H3,(H,19,20);2H,1H3;1H2. The van der Waals surface area contributed by atoms with E-state index in [0.29, 0.717) is 62.8 Å². The fourth-order valence-corrected chi connectivity index (χ4v) is 10.9. The van der Waals surface area contributed by atoms with Gasteiger partial charge in [0.1, 0.15) is 36.4 Å². The Morgan fingerprint density at radius 1 is 0.863 bits per heavy atom. The van der Waals surface area contributed by atoms with Crippen LogP contribution in [0.3, 0.4) is 0 Å². The minimum atomic E-state index is -0.534. The predicted octanol–water partition coefficient (Wildman–Crippen LogP) is 10.2. The lowest BCUT2D eigenvalue weighted by Crippen LogP contribution is -2.57. The summed E-state index contributed by atoms with van der Waals surface area (Å²) < 4.78 is 36.4. The normalized spacial score (nSPS) is 16.0. The molecule has 19 heteroatoms. The summed E-state index contributed by atoms with van der Waals surface area (Å²) >= 11 is 1.65. The fourth-order valence-electron chi connectivity index (χ4n) is 10.1. The fraction of sp³-hybridized carbons (Fsp3) is 0.639. The number of carbonyl (C=O) groups excluding carboxylic acids is 3. The number of nitrogens with zero attached hydrogens (tertiary/aromatic N) is 6. The number of unbranched alkanes of at least 4 members (excludes halogenated alkanes) is 5. The van der Waals surface area contributed by atoms with E-state index in [1.807, 2.05) is 58.0 Å². The van der Waals surface area contributed by atoms with Gasteiger partial charge in [0.2, 0.25) is 11.8 Å². The molecular weight excluding hydrogens is 1040 g/mol. The van der Waals surface area contributed by atoms with Crippen LogP contribution < -0.4 is 36.8 Å². The molecule has 0 spiro atoms. The van der Waals surface area contributed by atoms with Gasteiger partial charge in [-0.3, -0.25) is 14.5 Å². The van der Waals surface area contributed by atoms with Gasteiger partial charge < -0.3 is 51.4 Å². The summed E-state index contributed by atoms with van der Waals surface area (Å²) in [6.45, 7) is 27.1. The molecule has 4 heterocycles. The topological polar surface area (TPSA) is 203 Å². The molecule has 0 saturated carbocycles. The third kappa shape index (κ3) is 23.0. The maximum atomic E-state index is 15.5. The van der Waals surface area contributed by atoms with Crippen LogP contribution in [0.5, 0.6) is 0 Å². The molecule has 4 aromatic rings. The summed E-state index contributed by atoms with van der Waals surface area (Å²) in [5.74, 6) is 1.09. The Labute approximate surface area is 482 Å². The number of nitrogens with two attached hydrogens (primary N) is 1. The number of aromatic nitrogens is 3. The maximum absolute atomic E-state index is 15.5. The minimum absolute atomic E-state index is 0.0183. The molecule has 3 unspecified atom stereocenters. The van der Waals surface area contributed by atoms with E-state index < -0.39 is 11.4 Å². The number of aryl methyl sites for hydroxylation is 1. The Morgan fingerprint density at radius 2 is 1.49 bits per heavy atom. The van der Waals surface area contributed by atoms with E-state index in [4.69, 9.17) is 20.4 Å². The van der Waals surface area contributed by atoms with Crippen molar-refractivity contribution >= 4 is 47.3 Å². The molecule has 0 bridgehead atoms. The zero-order chi connectivity index (χ0) is 59.5. The van der Waals surface area contributed by atoms with Gasteiger partial charge in [0.05, 0.1) is 40.0 Å². The average molecular weight is 1140 g/mol. The highest BCUT2D eigenvalue weighted by atomic mass is 32.1. The van der Waals surface area contributed by atoms with Crippen LogP contribution in [0.2, 0.25) is 0 Å². The number of nitrogens with one attached hydrogen (secondary N) is 4. The number of piperidine rings is 2. The van der Waals surface area contributed by atoms with Gasteiger partial charge in [0.15, 0.2) is 0 Å². The number of rotatable bonds is 26. The van der Waals surface area contributed by atoms with Crippen molar-refractivity contribution in [1.29, 1.82) is 0 Å². The lowest BCUT2D eigenvalue weighted by molar-refractivity contribution is -0.124. The number of methoxy groups -OCH3 is 1. The van der Waals surface area contributed by atoms with Crippen molar-refractivity contribution in [3.8, 4) is 10.4 Å². The number of hydrogen-bond acceptors (Lipinski definition) is 15. The summed E-state index contributed by atoms with van der Waals surface area (Å²) in [4.78, 5) is 53.1. The van der Waals surface area contributed by atoms with Gasteiger partial charge in [-0.1, -0.05) is 84.6 Å². The van der Waals surface area contributed by atoms with Gasteiger partial charge in [-0.05, 0) is 114 Å². The molecule has 7 N–H and O–H groups in total. The quantitative estimate of drug-likeness (QED) is 0.0324. The monoisotopic (exact) mass is 1140 g/mol. The molecular formula is C61H99F2N11O5S. The molecule has 3 atom stereocenters. The number of benzene rings is 2. The van der Waals surface area contributed by atoms with Crippen LogP contribution in [0.25, 0.3) is 10.4 Å². The van der Waals surface area contributed by atoms with E-state index in [1.165, 1.54) is 22.6 Å². The predicted molar refractivity (Wildman–Crippen MR) is 324 cm³/mol. The number of aliphatic hydroxyl groups is 1. The molecule has 2 aliphatic rings. The second-order valence-corrected chi connectivity index (χ2v) is 24.0. The molecule has 0 aliphatic carbocycles. The van der Waals surface area contributed by atoms with Crippen LogP contribution in [-0.2, 0) is 25.7 Å². The van der Waals surface area contributed by atoms with Gasteiger partial charge in [0.25, 0.3) is 0 Å². The Balaban J connectivity index is 0.000000557. The second kappa shape index (κ2) is 35.0. The van der Waals surface area contributed by atoms with E-state index in [2.05, 4.69) is 105 Å². The zero-order valence-electron chi connectivity index (χ0n) is 50.5. The van der Waals surface area contributed by atoms with Gasteiger partial charge in [-0.2, -0.15) is 0 Å². The summed E-state index contributed by atoms with van der Waals surface area (Å²) in [6, 6.07) is 13.1. The van der Waals surface area contributed by atoms with Crippen molar-refractivity contribution in [1.82, 2.24) is 35.8 Å². The van der Waals surface area contributed by atoms with Crippen LogP contribution in [0, 0.1) is 29.4 Å². The molecule has 448 valence electrons. The lowest BCUT2D eigenvalue weighted by Gasteiger charge is -2.43. The number of likely N-dealkylation sites (N-methyl/N-ethyl adjacent to an activating group) is 1. The van der Waals surface area contributed by atoms with Crippen molar-refractivity contribution in [3.63, 3.8) is 0 Å². The first kappa shape index (κ1) is 69.1. The molecule has 0 radical (unpaired) electrons. The number of hydrogen-bond donors (Lipinski definition) is 6. The highest BCUT2D eigenvalue weighted by Gasteiger charge is 2.35. The van der Waals surface area contributed by atoms with Gasteiger partial charge in [-0.15, -0.1) is 11.3 Å². The minimum Gasteiger partial charge on any atom is -0.400 e. The van der Waals surface area contributed by atoms with Crippen LogP contribution in [-0.4, -0.2) is 135 Å². The Bertz CT molecular complexity index is 2410.